The Morgan fingerprint density at radius 2 is 2.05 bits per heavy atom. The Hall–Kier alpha value is -2.28. The molecule has 0 amide bonds. The minimum absolute atomic E-state index is 0.281. The van der Waals surface area contributed by atoms with E-state index >= 15 is 0 Å². The highest BCUT2D eigenvalue weighted by Crippen LogP contribution is 2.15. The lowest BCUT2D eigenvalue weighted by molar-refractivity contribution is -0.132. The molecule has 0 aliphatic carbocycles. The van der Waals surface area contributed by atoms with E-state index < -0.39 is 5.97 Å². The van der Waals surface area contributed by atoms with E-state index in [9.17, 15) is 4.79 Å². The van der Waals surface area contributed by atoms with Crippen molar-refractivity contribution in [2.75, 3.05) is 6.61 Å². The molecule has 19 heavy (non-hydrogen) atoms. The molecule has 4 heteroatoms. The molecule has 100 valence electrons. The van der Waals surface area contributed by atoms with Gasteiger partial charge in [-0.05, 0) is 30.2 Å². The number of carboxylic acids is 1. The second-order valence-electron chi connectivity index (χ2n) is 4.10. The van der Waals surface area contributed by atoms with Crippen molar-refractivity contribution in [3.63, 3.8) is 0 Å². The second kappa shape index (κ2) is 7.93. The maximum atomic E-state index is 10.7. The molecule has 4 nitrogen and oxygen atoms in total. The van der Waals surface area contributed by atoms with E-state index in [1.165, 1.54) is 6.08 Å². The van der Waals surface area contributed by atoms with Gasteiger partial charge in [0.15, 0.2) is 0 Å². The van der Waals surface area contributed by atoms with E-state index in [-0.39, 0.29) is 5.57 Å². The maximum Gasteiger partial charge on any atom is 0.346 e. The first kappa shape index (κ1) is 14.8. The van der Waals surface area contributed by atoms with Gasteiger partial charge in [-0.1, -0.05) is 31.9 Å². The van der Waals surface area contributed by atoms with Crippen LogP contribution in [0.25, 0.3) is 6.08 Å². The largest absolute Gasteiger partial charge is 0.494 e. The molecule has 1 N–H and O–H groups in total. The molecule has 0 saturated carbocycles. The van der Waals surface area contributed by atoms with Crippen LogP contribution in [0.15, 0.2) is 29.8 Å². The Bertz CT molecular complexity index is 483. The van der Waals surface area contributed by atoms with Crippen LogP contribution in [0.5, 0.6) is 5.75 Å². The third-order valence-corrected chi connectivity index (χ3v) is 2.56. The zero-order valence-electron chi connectivity index (χ0n) is 10.9. The van der Waals surface area contributed by atoms with Crippen molar-refractivity contribution >= 4 is 12.0 Å². The Balaban J connectivity index is 2.61. The van der Waals surface area contributed by atoms with Crippen LogP contribution in [0, 0.1) is 11.3 Å². The molecular formula is C15H17NO3. The third-order valence-electron chi connectivity index (χ3n) is 2.56. The van der Waals surface area contributed by atoms with Gasteiger partial charge in [0.2, 0.25) is 0 Å². The quantitative estimate of drug-likeness (QED) is 0.463. The van der Waals surface area contributed by atoms with Crippen LogP contribution in [0.3, 0.4) is 0 Å². The summed E-state index contributed by atoms with van der Waals surface area (Å²) in [7, 11) is 0. The highest BCUT2D eigenvalue weighted by molar-refractivity contribution is 5.96. The summed E-state index contributed by atoms with van der Waals surface area (Å²) >= 11 is 0. The van der Waals surface area contributed by atoms with Crippen LogP contribution in [0.4, 0.5) is 0 Å². The predicted molar refractivity (Wildman–Crippen MR) is 72.7 cm³/mol. The number of ether oxygens (including phenoxy) is 1. The van der Waals surface area contributed by atoms with E-state index in [0.717, 1.165) is 25.0 Å². The fraction of sp³-hybridized carbons (Fsp3) is 0.333. The van der Waals surface area contributed by atoms with E-state index in [1.54, 1.807) is 30.3 Å². The molecule has 1 rings (SSSR count). The van der Waals surface area contributed by atoms with Gasteiger partial charge in [0.1, 0.15) is 17.4 Å². The topological polar surface area (TPSA) is 70.3 Å². The summed E-state index contributed by atoms with van der Waals surface area (Å²) < 4.78 is 5.54. The van der Waals surface area contributed by atoms with Crippen molar-refractivity contribution in [1.29, 1.82) is 5.26 Å². The Labute approximate surface area is 112 Å². The van der Waals surface area contributed by atoms with Crippen molar-refractivity contribution in [1.82, 2.24) is 0 Å². The lowest BCUT2D eigenvalue weighted by Crippen LogP contribution is -1.98. The van der Waals surface area contributed by atoms with Gasteiger partial charge < -0.3 is 9.84 Å². The maximum absolute atomic E-state index is 10.7. The number of carbonyl (C=O) groups is 1. The fourth-order valence-corrected chi connectivity index (χ4v) is 1.51. The van der Waals surface area contributed by atoms with Crippen LogP contribution in [0.1, 0.15) is 31.7 Å². The third kappa shape index (κ3) is 5.26. The summed E-state index contributed by atoms with van der Waals surface area (Å²) in [5.74, 6) is -0.468. The monoisotopic (exact) mass is 259 g/mol. The Morgan fingerprint density at radius 1 is 1.37 bits per heavy atom. The number of nitriles is 1. The summed E-state index contributed by atoms with van der Waals surface area (Å²) in [4.78, 5) is 10.7. The number of hydrogen-bond donors (Lipinski definition) is 1. The van der Waals surface area contributed by atoms with Crippen molar-refractivity contribution in [2.45, 2.75) is 26.2 Å². The molecule has 0 aliphatic rings. The van der Waals surface area contributed by atoms with Gasteiger partial charge in [0, 0.05) is 0 Å². The first-order chi connectivity index (χ1) is 9.17. The molecule has 0 aromatic heterocycles. The van der Waals surface area contributed by atoms with E-state index in [1.807, 2.05) is 0 Å². The van der Waals surface area contributed by atoms with Crippen LogP contribution in [0.2, 0.25) is 0 Å². The highest BCUT2D eigenvalue weighted by atomic mass is 16.5. The molecule has 0 spiro atoms. The summed E-state index contributed by atoms with van der Waals surface area (Å²) in [6, 6.07) is 8.65. The normalized spacial score (nSPS) is 10.8. The van der Waals surface area contributed by atoms with E-state index in [2.05, 4.69) is 6.92 Å². The van der Waals surface area contributed by atoms with Gasteiger partial charge in [-0.25, -0.2) is 4.79 Å². The molecule has 0 aliphatic heterocycles. The van der Waals surface area contributed by atoms with E-state index in [0.29, 0.717) is 12.2 Å². The average molecular weight is 259 g/mol. The molecule has 0 unspecified atom stereocenters. The van der Waals surface area contributed by atoms with Crippen molar-refractivity contribution in [3.05, 3.63) is 35.4 Å². The fourth-order valence-electron chi connectivity index (χ4n) is 1.51. The van der Waals surface area contributed by atoms with Gasteiger partial charge in [0.25, 0.3) is 0 Å². The number of carboxylic acid groups (broad SMARTS) is 1. The molecular weight excluding hydrogens is 242 g/mol. The summed E-state index contributed by atoms with van der Waals surface area (Å²) in [6.07, 6.45) is 4.66. The Morgan fingerprint density at radius 3 is 2.58 bits per heavy atom. The SMILES string of the molecule is CCCCCOc1ccc(C=C(C#N)C(=O)O)cc1. The smallest absolute Gasteiger partial charge is 0.346 e. The highest BCUT2D eigenvalue weighted by Gasteiger charge is 2.05. The zero-order chi connectivity index (χ0) is 14.1. The molecule has 0 bridgehead atoms. The number of hydrogen-bond acceptors (Lipinski definition) is 3. The van der Waals surface area contributed by atoms with Gasteiger partial charge in [-0.3, -0.25) is 0 Å². The standard InChI is InChI=1S/C15H17NO3/c1-2-3-4-9-19-14-7-5-12(6-8-14)10-13(11-16)15(17)18/h5-8,10H,2-4,9H2,1H3,(H,17,18). The zero-order valence-corrected chi connectivity index (χ0v) is 10.9. The van der Waals surface area contributed by atoms with Gasteiger partial charge in [-0.2, -0.15) is 5.26 Å². The van der Waals surface area contributed by atoms with Crippen LogP contribution in [-0.2, 0) is 4.79 Å². The summed E-state index contributed by atoms with van der Waals surface area (Å²) in [6.45, 7) is 2.82. The molecule has 0 saturated heterocycles. The second-order valence-corrected chi connectivity index (χ2v) is 4.10. The number of aliphatic carboxylic acids is 1. The lowest BCUT2D eigenvalue weighted by Gasteiger charge is -2.05. The van der Waals surface area contributed by atoms with Crippen molar-refractivity contribution in [2.24, 2.45) is 0 Å². The van der Waals surface area contributed by atoms with Crippen molar-refractivity contribution in [3.8, 4) is 11.8 Å². The van der Waals surface area contributed by atoms with E-state index in [4.69, 9.17) is 15.1 Å². The number of unbranched alkanes of at least 4 members (excludes halogenated alkanes) is 2. The molecule has 1 aromatic rings. The number of nitrogens with zero attached hydrogens (tertiary/aromatic N) is 1. The first-order valence-electron chi connectivity index (χ1n) is 6.25. The summed E-state index contributed by atoms with van der Waals surface area (Å²) in [5.41, 5.74) is 0.386. The first-order valence-corrected chi connectivity index (χ1v) is 6.25. The minimum atomic E-state index is -1.22. The molecule has 0 atom stereocenters. The molecule has 0 heterocycles. The van der Waals surface area contributed by atoms with Crippen molar-refractivity contribution < 1.29 is 14.6 Å². The predicted octanol–water partition coefficient (Wildman–Crippen LogP) is 3.25. The van der Waals surface area contributed by atoms with Gasteiger partial charge in [-0.15, -0.1) is 0 Å². The Kier molecular flexibility index (Phi) is 6.17. The van der Waals surface area contributed by atoms with Gasteiger partial charge >= 0.3 is 5.97 Å². The molecule has 1 aromatic carbocycles. The molecule has 0 fully saturated rings. The number of rotatable bonds is 7. The summed E-state index contributed by atoms with van der Waals surface area (Å²) in [5, 5.41) is 17.4. The van der Waals surface area contributed by atoms with Crippen LogP contribution >= 0.6 is 0 Å². The minimum Gasteiger partial charge on any atom is -0.494 e. The van der Waals surface area contributed by atoms with Crippen LogP contribution < -0.4 is 4.74 Å². The van der Waals surface area contributed by atoms with Crippen LogP contribution in [-0.4, -0.2) is 17.7 Å². The number of benzene rings is 1. The average Bonchev–Trinajstić information content (AvgIpc) is 2.42. The molecule has 0 radical (unpaired) electrons. The van der Waals surface area contributed by atoms with Gasteiger partial charge in [0.05, 0.1) is 6.61 Å². The lowest BCUT2D eigenvalue weighted by atomic mass is 10.1.